The van der Waals surface area contributed by atoms with E-state index in [-0.39, 0.29) is 17.7 Å². The molecule has 1 atom stereocenters. The number of piperazine rings is 1. The van der Waals surface area contributed by atoms with Crippen molar-refractivity contribution in [3.05, 3.63) is 60.4 Å². The van der Waals surface area contributed by atoms with Crippen LogP contribution in [0.25, 0.3) is 0 Å². The number of piperidine rings is 1. The number of para-hydroxylation sites is 1. The number of hydrogen-bond acceptors (Lipinski definition) is 4. The molecule has 0 saturated carbocycles. The second-order valence-corrected chi connectivity index (χ2v) is 7.79. The molecule has 2 aromatic rings. The highest BCUT2D eigenvalue weighted by molar-refractivity contribution is 5.84. The summed E-state index contributed by atoms with van der Waals surface area (Å²) in [5.41, 5.74) is 2.19. The molecule has 1 aromatic carbocycles. The quantitative estimate of drug-likeness (QED) is 0.783. The Balaban J connectivity index is 1.30. The van der Waals surface area contributed by atoms with E-state index in [0.29, 0.717) is 25.9 Å². The first-order valence-electron chi connectivity index (χ1n) is 10.5. The van der Waals surface area contributed by atoms with Crippen LogP contribution in [0.2, 0.25) is 0 Å². The number of hydrogen-bond donors (Lipinski definition) is 0. The summed E-state index contributed by atoms with van der Waals surface area (Å²) in [5, 5.41) is 0. The van der Waals surface area contributed by atoms with E-state index in [9.17, 15) is 9.59 Å². The van der Waals surface area contributed by atoms with Crippen LogP contribution in [0.3, 0.4) is 0 Å². The molecule has 3 heterocycles. The summed E-state index contributed by atoms with van der Waals surface area (Å²) in [6, 6.07) is 16.2. The van der Waals surface area contributed by atoms with Gasteiger partial charge >= 0.3 is 0 Å². The fraction of sp³-hybridized carbons (Fsp3) is 0.435. The van der Waals surface area contributed by atoms with Gasteiger partial charge in [-0.2, -0.15) is 0 Å². The minimum atomic E-state index is -0.0836. The van der Waals surface area contributed by atoms with Crippen molar-refractivity contribution in [3.63, 3.8) is 0 Å². The van der Waals surface area contributed by atoms with Crippen LogP contribution in [0.15, 0.2) is 54.7 Å². The molecule has 0 unspecified atom stereocenters. The lowest BCUT2D eigenvalue weighted by Gasteiger charge is -2.39. The molecule has 2 amide bonds. The summed E-state index contributed by atoms with van der Waals surface area (Å²) in [6.45, 7) is 4.35. The molecular weight excluding hydrogens is 364 g/mol. The molecule has 2 saturated heterocycles. The van der Waals surface area contributed by atoms with Gasteiger partial charge in [0, 0.05) is 69.7 Å². The van der Waals surface area contributed by atoms with Crippen LogP contribution in [0.1, 0.15) is 18.5 Å². The van der Waals surface area contributed by atoms with E-state index in [1.807, 2.05) is 46.2 Å². The molecule has 1 aromatic heterocycles. The maximum absolute atomic E-state index is 13.1. The number of amides is 2. The normalized spacial score (nSPS) is 20.1. The highest BCUT2D eigenvalue weighted by Gasteiger charge is 2.33. The van der Waals surface area contributed by atoms with Gasteiger partial charge in [0.15, 0.2) is 0 Å². The van der Waals surface area contributed by atoms with E-state index >= 15 is 0 Å². The molecule has 2 fully saturated rings. The van der Waals surface area contributed by atoms with Gasteiger partial charge in [0.2, 0.25) is 11.8 Å². The second-order valence-electron chi connectivity index (χ2n) is 7.79. The van der Waals surface area contributed by atoms with Gasteiger partial charge in [0.05, 0.1) is 5.92 Å². The Bertz CT molecular complexity index is 819. The van der Waals surface area contributed by atoms with E-state index in [2.05, 4.69) is 22.0 Å². The number of rotatable bonds is 5. The minimum absolute atomic E-state index is 0.0836. The van der Waals surface area contributed by atoms with E-state index < -0.39 is 0 Å². The van der Waals surface area contributed by atoms with Gasteiger partial charge in [-0.15, -0.1) is 0 Å². The van der Waals surface area contributed by atoms with Crippen LogP contribution in [0.5, 0.6) is 0 Å². The number of carbonyl (C=O) groups excluding carboxylic acids is 2. The van der Waals surface area contributed by atoms with Gasteiger partial charge < -0.3 is 14.7 Å². The monoisotopic (exact) mass is 392 g/mol. The predicted octanol–water partition coefficient (Wildman–Crippen LogP) is 2.21. The van der Waals surface area contributed by atoms with Crippen molar-refractivity contribution in [1.82, 2.24) is 14.8 Å². The van der Waals surface area contributed by atoms with Crippen molar-refractivity contribution in [1.29, 1.82) is 0 Å². The third kappa shape index (κ3) is 4.75. The van der Waals surface area contributed by atoms with Crippen LogP contribution in [0, 0.1) is 5.92 Å². The van der Waals surface area contributed by atoms with E-state index in [1.165, 1.54) is 5.69 Å². The number of pyridine rings is 1. The molecule has 0 spiro atoms. The van der Waals surface area contributed by atoms with Crippen molar-refractivity contribution < 1.29 is 9.59 Å². The first-order valence-corrected chi connectivity index (χ1v) is 10.5. The smallest absolute Gasteiger partial charge is 0.227 e. The van der Waals surface area contributed by atoms with E-state index in [0.717, 1.165) is 38.3 Å². The molecular formula is C23H28N4O2. The third-order valence-corrected chi connectivity index (χ3v) is 5.93. The molecule has 6 heteroatoms. The maximum atomic E-state index is 13.1. The summed E-state index contributed by atoms with van der Waals surface area (Å²) in [4.78, 5) is 35.9. The topological polar surface area (TPSA) is 56.8 Å². The molecule has 2 aliphatic rings. The Labute approximate surface area is 172 Å². The van der Waals surface area contributed by atoms with Gasteiger partial charge in [0.25, 0.3) is 0 Å². The lowest BCUT2D eigenvalue weighted by molar-refractivity contribution is -0.143. The number of aromatic nitrogens is 1. The summed E-state index contributed by atoms with van der Waals surface area (Å²) in [5.74, 6) is 0.270. The molecule has 0 aliphatic carbocycles. The van der Waals surface area contributed by atoms with Crippen LogP contribution >= 0.6 is 0 Å². The summed E-state index contributed by atoms with van der Waals surface area (Å²) in [6.07, 6.45) is 3.62. The second kappa shape index (κ2) is 9.07. The number of nitrogens with zero attached hydrogens (tertiary/aromatic N) is 4. The zero-order chi connectivity index (χ0) is 20.1. The van der Waals surface area contributed by atoms with Crippen molar-refractivity contribution in [2.45, 2.75) is 19.3 Å². The molecule has 6 nitrogen and oxygen atoms in total. The molecule has 0 bridgehead atoms. The first kappa shape index (κ1) is 19.4. The minimum Gasteiger partial charge on any atom is -0.368 e. The maximum Gasteiger partial charge on any atom is 0.227 e. The largest absolute Gasteiger partial charge is 0.368 e. The van der Waals surface area contributed by atoms with Gasteiger partial charge in [0.1, 0.15) is 0 Å². The predicted molar refractivity (Wildman–Crippen MR) is 112 cm³/mol. The Morgan fingerprint density at radius 2 is 1.76 bits per heavy atom. The standard InChI is InChI=1S/C23H28N4O2/c28-22-10-9-19(18-27(22)13-11-20-6-4-5-12-24-20)23(29)26-16-14-25(15-17-26)21-7-2-1-3-8-21/h1-8,12,19H,9-11,13-18H2/t19-/m1/s1. The van der Waals surface area contributed by atoms with Crippen LogP contribution in [-0.4, -0.2) is 65.9 Å². The number of anilines is 1. The van der Waals surface area contributed by atoms with E-state index in [1.54, 1.807) is 6.20 Å². The average molecular weight is 393 g/mol. The molecule has 4 rings (SSSR count). The zero-order valence-electron chi connectivity index (χ0n) is 16.7. The van der Waals surface area contributed by atoms with Crippen LogP contribution in [0.4, 0.5) is 5.69 Å². The molecule has 0 radical (unpaired) electrons. The number of carbonyl (C=O) groups is 2. The third-order valence-electron chi connectivity index (χ3n) is 5.93. The Morgan fingerprint density at radius 1 is 1.00 bits per heavy atom. The summed E-state index contributed by atoms with van der Waals surface area (Å²) in [7, 11) is 0. The fourth-order valence-corrected chi connectivity index (χ4v) is 4.21. The van der Waals surface area contributed by atoms with Crippen LogP contribution in [-0.2, 0) is 16.0 Å². The van der Waals surface area contributed by atoms with Gasteiger partial charge in [-0.3, -0.25) is 14.6 Å². The molecule has 2 aliphatic heterocycles. The highest BCUT2D eigenvalue weighted by atomic mass is 16.2. The molecule has 0 N–H and O–H groups in total. The van der Waals surface area contributed by atoms with Gasteiger partial charge in [-0.25, -0.2) is 0 Å². The van der Waals surface area contributed by atoms with Crippen molar-refractivity contribution >= 4 is 17.5 Å². The molecule has 29 heavy (non-hydrogen) atoms. The lowest BCUT2D eigenvalue weighted by Crippen LogP contribution is -2.53. The Hall–Kier alpha value is -2.89. The fourth-order valence-electron chi connectivity index (χ4n) is 4.21. The van der Waals surface area contributed by atoms with Gasteiger partial charge in [-0.05, 0) is 30.7 Å². The number of benzene rings is 1. The summed E-state index contributed by atoms with van der Waals surface area (Å²) >= 11 is 0. The Morgan fingerprint density at radius 3 is 2.48 bits per heavy atom. The van der Waals surface area contributed by atoms with Crippen molar-refractivity contribution in [3.8, 4) is 0 Å². The zero-order valence-corrected chi connectivity index (χ0v) is 16.7. The van der Waals surface area contributed by atoms with E-state index in [4.69, 9.17) is 0 Å². The Kier molecular flexibility index (Phi) is 6.08. The first-order chi connectivity index (χ1) is 14.2. The van der Waals surface area contributed by atoms with Crippen LogP contribution < -0.4 is 4.90 Å². The van der Waals surface area contributed by atoms with Crippen molar-refractivity contribution in [2.24, 2.45) is 5.92 Å². The highest BCUT2D eigenvalue weighted by Crippen LogP contribution is 2.22. The van der Waals surface area contributed by atoms with Crippen molar-refractivity contribution in [2.75, 3.05) is 44.2 Å². The average Bonchev–Trinajstić information content (AvgIpc) is 2.79. The summed E-state index contributed by atoms with van der Waals surface area (Å²) < 4.78 is 0. The molecule has 152 valence electrons. The number of likely N-dealkylation sites (tertiary alicyclic amines) is 1. The SMILES string of the molecule is O=C1CC[C@@H](C(=O)N2CCN(c3ccccc3)CC2)CN1CCc1ccccn1. The lowest BCUT2D eigenvalue weighted by atomic mass is 9.95. The van der Waals surface area contributed by atoms with Gasteiger partial charge in [-0.1, -0.05) is 24.3 Å².